The first kappa shape index (κ1) is 19.3. The third-order valence-electron chi connectivity index (χ3n) is 3.76. The van der Waals surface area contributed by atoms with Gasteiger partial charge in [0.15, 0.2) is 6.10 Å². The number of likely N-dealkylation sites (N-methyl/N-ethyl adjacent to an activating group) is 1. The zero-order valence-electron chi connectivity index (χ0n) is 15.5. The van der Waals surface area contributed by atoms with Gasteiger partial charge in [0, 0.05) is 18.8 Å². The standard InChI is InChI=1S/C20H24N2O4/c1-14-7-5-10-18(11-14)26-15(2)20(24)22(3)13-19(23)21-16-8-6-9-17(12-16)25-4/h5-12,15H,13H2,1-4H3,(H,21,23). The van der Waals surface area contributed by atoms with E-state index in [1.54, 1.807) is 51.4 Å². The Balaban J connectivity index is 1.89. The van der Waals surface area contributed by atoms with E-state index in [1.807, 2.05) is 25.1 Å². The van der Waals surface area contributed by atoms with E-state index in [4.69, 9.17) is 9.47 Å². The molecule has 2 aromatic carbocycles. The Labute approximate surface area is 153 Å². The molecule has 138 valence electrons. The number of nitrogens with zero attached hydrogens (tertiary/aromatic N) is 1. The number of hydrogen-bond acceptors (Lipinski definition) is 4. The molecule has 0 saturated carbocycles. The van der Waals surface area contributed by atoms with E-state index in [9.17, 15) is 9.59 Å². The van der Waals surface area contributed by atoms with Crippen molar-refractivity contribution < 1.29 is 19.1 Å². The first-order valence-corrected chi connectivity index (χ1v) is 8.31. The Morgan fingerprint density at radius 3 is 2.50 bits per heavy atom. The molecule has 1 unspecified atom stereocenters. The van der Waals surface area contributed by atoms with E-state index < -0.39 is 6.10 Å². The molecule has 2 rings (SSSR count). The van der Waals surface area contributed by atoms with Gasteiger partial charge in [-0.2, -0.15) is 0 Å². The molecular weight excluding hydrogens is 332 g/mol. The van der Waals surface area contributed by atoms with Crippen LogP contribution < -0.4 is 14.8 Å². The highest BCUT2D eigenvalue weighted by atomic mass is 16.5. The fourth-order valence-corrected chi connectivity index (χ4v) is 2.45. The fraction of sp³-hybridized carbons (Fsp3) is 0.300. The molecule has 0 aliphatic carbocycles. The predicted octanol–water partition coefficient (Wildman–Crippen LogP) is 2.87. The average molecular weight is 356 g/mol. The number of amides is 2. The molecule has 0 aromatic heterocycles. The number of hydrogen-bond donors (Lipinski definition) is 1. The highest BCUT2D eigenvalue weighted by molar-refractivity contribution is 5.95. The summed E-state index contributed by atoms with van der Waals surface area (Å²) in [5.41, 5.74) is 1.66. The molecule has 2 aromatic rings. The number of methoxy groups -OCH3 is 1. The van der Waals surface area contributed by atoms with Crippen molar-refractivity contribution in [1.29, 1.82) is 0 Å². The SMILES string of the molecule is COc1cccc(NC(=O)CN(C)C(=O)C(C)Oc2cccc(C)c2)c1. The summed E-state index contributed by atoms with van der Waals surface area (Å²) in [7, 11) is 3.13. The van der Waals surface area contributed by atoms with Crippen LogP contribution in [0, 0.1) is 6.92 Å². The van der Waals surface area contributed by atoms with E-state index in [2.05, 4.69) is 5.32 Å². The number of nitrogens with one attached hydrogen (secondary N) is 1. The quantitative estimate of drug-likeness (QED) is 0.828. The average Bonchev–Trinajstić information content (AvgIpc) is 2.61. The lowest BCUT2D eigenvalue weighted by Gasteiger charge is -2.22. The van der Waals surface area contributed by atoms with Crippen molar-refractivity contribution >= 4 is 17.5 Å². The van der Waals surface area contributed by atoms with Gasteiger partial charge in [0.25, 0.3) is 5.91 Å². The maximum Gasteiger partial charge on any atom is 0.263 e. The van der Waals surface area contributed by atoms with Crippen LogP contribution in [-0.4, -0.2) is 43.5 Å². The molecule has 1 atom stereocenters. The minimum Gasteiger partial charge on any atom is -0.497 e. The number of carbonyl (C=O) groups excluding carboxylic acids is 2. The summed E-state index contributed by atoms with van der Waals surface area (Å²) in [6.07, 6.45) is -0.689. The number of anilines is 1. The Bertz CT molecular complexity index is 776. The van der Waals surface area contributed by atoms with E-state index in [1.165, 1.54) is 4.90 Å². The second-order valence-corrected chi connectivity index (χ2v) is 6.05. The van der Waals surface area contributed by atoms with Gasteiger partial charge in [0.2, 0.25) is 5.91 Å². The zero-order chi connectivity index (χ0) is 19.1. The molecule has 0 spiro atoms. The summed E-state index contributed by atoms with van der Waals surface area (Å²) < 4.78 is 10.8. The van der Waals surface area contributed by atoms with Crippen molar-refractivity contribution in [2.45, 2.75) is 20.0 Å². The second kappa shape index (κ2) is 8.89. The van der Waals surface area contributed by atoms with Crippen LogP contribution in [0.2, 0.25) is 0 Å². The topological polar surface area (TPSA) is 67.9 Å². The molecular formula is C20H24N2O4. The summed E-state index contributed by atoms with van der Waals surface area (Å²) in [4.78, 5) is 25.9. The Kier molecular flexibility index (Phi) is 6.60. The molecule has 0 heterocycles. The summed E-state index contributed by atoms with van der Waals surface area (Å²) in [6.45, 7) is 3.55. The van der Waals surface area contributed by atoms with Gasteiger partial charge in [0.1, 0.15) is 11.5 Å². The Hall–Kier alpha value is -3.02. The summed E-state index contributed by atoms with van der Waals surface area (Å²) in [6, 6.07) is 14.5. The van der Waals surface area contributed by atoms with Crippen molar-refractivity contribution in [3.8, 4) is 11.5 Å². The molecule has 26 heavy (non-hydrogen) atoms. The molecule has 0 fully saturated rings. The first-order valence-electron chi connectivity index (χ1n) is 8.31. The van der Waals surface area contributed by atoms with Crippen LogP contribution in [-0.2, 0) is 9.59 Å². The monoisotopic (exact) mass is 356 g/mol. The van der Waals surface area contributed by atoms with Crippen LogP contribution >= 0.6 is 0 Å². The summed E-state index contributed by atoms with van der Waals surface area (Å²) in [5, 5.41) is 2.74. The minimum absolute atomic E-state index is 0.0719. The van der Waals surface area contributed by atoms with Gasteiger partial charge in [-0.15, -0.1) is 0 Å². The lowest BCUT2D eigenvalue weighted by molar-refractivity contribution is -0.139. The van der Waals surface area contributed by atoms with Crippen LogP contribution in [0.25, 0.3) is 0 Å². The maximum absolute atomic E-state index is 12.4. The summed E-state index contributed by atoms with van der Waals surface area (Å²) in [5.74, 6) is 0.705. The number of benzene rings is 2. The van der Waals surface area contributed by atoms with Gasteiger partial charge in [0.05, 0.1) is 13.7 Å². The molecule has 0 bridgehead atoms. The lowest BCUT2D eigenvalue weighted by Crippen LogP contribution is -2.42. The van der Waals surface area contributed by atoms with E-state index in [-0.39, 0.29) is 18.4 Å². The number of aryl methyl sites for hydroxylation is 1. The van der Waals surface area contributed by atoms with Crippen LogP contribution in [0.3, 0.4) is 0 Å². The minimum atomic E-state index is -0.689. The molecule has 6 nitrogen and oxygen atoms in total. The number of rotatable bonds is 7. The molecule has 6 heteroatoms. The molecule has 0 aliphatic heterocycles. The predicted molar refractivity (Wildman–Crippen MR) is 101 cm³/mol. The molecule has 0 radical (unpaired) electrons. The Morgan fingerprint density at radius 2 is 1.81 bits per heavy atom. The molecule has 0 saturated heterocycles. The van der Waals surface area contributed by atoms with E-state index in [0.717, 1.165) is 5.56 Å². The highest BCUT2D eigenvalue weighted by Gasteiger charge is 2.21. The van der Waals surface area contributed by atoms with Crippen LogP contribution in [0.1, 0.15) is 12.5 Å². The molecule has 2 amide bonds. The zero-order valence-corrected chi connectivity index (χ0v) is 15.5. The third kappa shape index (κ3) is 5.51. The number of ether oxygens (including phenoxy) is 2. The van der Waals surface area contributed by atoms with Crippen molar-refractivity contribution in [2.24, 2.45) is 0 Å². The normalized spacial score (nSPS) is 11.4. The van der Waals surface area contributed by atoms with Crippen LogP contribution in [0.5, 0.6) is 11.5 Å². The van der Waals surface area contributed by atoms with Crippen molar-refractivity contribution in [3.63, 3.8) is 0 Å². The molecule has 1 N–H and O–H groups in total. The van der Waals surface area contributed by atoms with Gasteiger partial charge in [-0.05, 0) is 43.7 Å². The second-order valence-electron chi connectivity index (χ2n) is 6.05. The summed E-state index contributed by atoms with van der Waals surface area (Å²) >= 11 is 0. The highest BCUT2D eigenvalue weighted by Crippen LogP contribution is 2.17. The van der Waals surface area contributed by atoms with E-state index in [0.29, 0.717) is 17.2 Å². The van der Waals surface area contributed by atoms with E-state index >= 15 is 0 Å². The van der Waals surface area contributed by atoms with Crippen molar-refractivity contribution in [1.82, 2.24) is 4.90 Å². The smallest absolute Gasteiger partial charge is 0.263 e. The first-order chi connectivity index (χ1) is 12.4. The fourth-order valence-electron chi connectivity index (χ4n) is 2.45. The maximum atomic E-state index is 12.4. The largest absolute Gasteiger partial charge is 0.497 e. The van der Waals surface area contributed by atoms with Crippen molar-refractivity contribution in [2.75, 3.05) is 26.0 Å². The van der Waals surface area contributed by atoms with Gasteiger partial charge in [-0.3, -0.25) is 9.59 Å². The van der Waals surface area contributed by atoms with Gasteiger partial charge in [-0.1, -0.05) is 18.2 Å². The third-order valence-corrected chi connectivity index (χ3v) is 3.76. The van der Waals surface area contributed by atoms with Gasteiger partial charge < -0.3 is 19.7 Å². The van der Waals surface area contributed by atoms with Crippen LogP contribution in [0.15, 0.2) is 48.5 Å². The molecule has 0 aliphatic rings. The Morgan fingerprint density at radius 1 is 1.12 bits per heavy atom. The van der Waals surface area contributed by atoms with Gasteiger partial charge in [-0.25, -0.2) is 0 Å². The number of carbonyl (C=O) groups is 2. The van der Waals surface area contributed by atoms with Crippen molar-refractivity contribution in [3.05, 3.63) is 54.1 Å². The van der Waals surface area contributed by atoms with Gasteiger partial charge >= 0.3 is 0 Å². The van der Waals surface area contributed by atoms with Crippen LogP contribution in [0.4, 0.5) is 5.69 Å². The lowest BCUT2D eigenvalue weighted by atomic mass is 10.2.